The van der Waals surface area contributed by atoms with Crippen LogP contribution in [-0.2, 0) is 4.79 Å². The summed E-state index contributed by atoms with van der Waals surface area (Å²) in [7, 11) is 0. The molecule has 4 atom stereocenters. The van der Waals surface area contributed by atoms with Crippen LogP contribution in [0.2, 0.25) is 0 Å². The van der Waals surface area contributed by atoms with Crippen molar-refractivity contribution in [3.8, 4) is 0 Å². The molecule has 3 aliphatic rings. The number of aromatic nitrogens is 1. The average Bonchev–Trinajstić information content (AvgIpc) is 3.40. The summed E-state index contributed by atoms with van der Waals surface area (Å²) in [5.74, 6) is -0.215. The highest BCUT2D eigenvalue weighted by Crippen LogP contribution is 2.42. The van der Waals surface area contributed by atoms with Gasteiger partial charge < -0.3 is 14.9 Å². The predicted octanol–water partition coefficient (Wildman–Crippen LogP) is 1.30. The lowest BCUT2D eigenvalue weighted by Crippen LogP contribution is -2.54. The number of likely N-dealkylation sites (tertiary alicyclic amines) is 2. The molecule has 29 heavy (non-hydrogen) atoms. The summed E-state index contributed by atoms with van der Waals surface area (Å²) in [6, 6.07) is 6.33. The van der Waals surface area contributed by atoms with Gasteiger partial charge in [0, 0.05) is 55.2 Å². The molecule has 0 aliphatic carbocycles. The highest BCUT2D eigenvalue weighted by molar-refractivity contribution is 7.08. The van der Waals surface area contributed by atoms with Gasteiger partial charge in [-0.3, -0.25) is 19.0 Å². The van der Waals surface area contributed by atoms with Gasteiger partial charge in [0.05, 0.1) is 11.7 Å². The number of β-amino-alcohol motifs (C(OH)–C–C–N with tert-alkyl or cyclic N) is 1. The van der Waals surface area contributed by atoms with Gasteiger partial charge in [-0.25, -0.2) is 0 Å². The predicted molar refractivity (Wildman–Crippen MR) is 108 cm³/mol. The average molecular weight is 413 g/mol. The van der Waals surface area contributed by atoms with E-state index in [4.69, 9.17) is 0 Å². The third-order valence-electron chi connectivity index (χ3n) is 6.43. The standard InChI is InChI=1S/C21H23N3O4S/c25-16-4-6-22(11-16)21(28)19-15-8-14(17-2-1-3-18(26)24(17)19)9-23(10-15)20(27)13-5-7-29-12-13/h1-3,5,7,12,14-16,19,25H,4,6,8-11H2/t14-,15+,16+,19+/m0/s1. The van der Waals surface area contributed by atoms with Crippen LogP contribution in [-0.4, -0.2) is 63.6 Å². The lowest BCUT2D eigenvalue weighted by atomic mass is 9.77. The van der Waals surface area contributed by atoms with Crippen LogP contribution < -0.4 is 5.56 Å². The van der Waals surface area contributed by atoms with E-state index in [9.17, 15) is 19.5 Å². The number of hydrogen-bond donors (Lipinski definition) is 1. The van der Waals surface area contributed by atoms with Gasteiger partial charge in [0.1, 0.15) is 6.04 Å². The third kappa shape index (κ3) is 3.11. The molecule has 2 fully saturated rings. The number of fused-ring (bicyclic) bond motifs is 4. The first kappa shape index (κ1) is 18.6. The van der Waals surface area contributed by atoms with Crippen LogP contribution in [0.1, 0.15) is 40.9 Å². The Morgan fingerprint density at radius 3 is 2.69 bits per heavy atom. The number of nitrogens with zero attached hydrogens (tertiary/aromatic N) is 3. The summed E-state index contributed by atoms with van der Waals surface area (Å²) >= 11 is 1.49. The van der Waals surface area contributed by atoms with Crippen LogP contribution in [0.4, 0.5) is 0 Å². The van der Waals surface area contributed by atoms with Gasteiger partial charge in [0.2, 0.25) is 5.91 Å². The monoisotopic (exact) mass is 413 g/mol. The van der Waals surface area contributed by atoms with Gasteiger partial charge in [0.25, 0.3) is 11.5 Å². The number of piperidine rings is 1. The highest BCUT2D eigenvalue weighted by Gasteiger charge is 2.46. The van der Waals surface area contributed by atoms with Gasteiger partial charge in [-0.05, 0) is 30.4 Å². The van der Waals surface area contributed by atoms with Crippen LogP contribution in [0.5, 0.6) is 0 Å². The zero-order chi connectivity index (χ0) is 20.1. The lowest BCUT2D eigenvalue weighted by molar-refractivity contribution is -0.137. The van der Waals surface area contributed by atoms with Crippen LogP contribution in [0, 0.1) is 5.92 Å². The van der Waals surface area contributed by atoms with Crippen LogP contribution in [0.25, 0.3) is 0 Å². The Morgan fingerprint density at radius 2 is 1.97 bits per heavy atom. The maximum absolute atomic E-state index is 13.4. The summed E-state index contributed by atoms with van der Waals surface area (Å²) in [5, 5.41) is 13.6. The second kappa shape index (κ2) is 7.11. The number of amides is 2. The minimum atomic E-state index is -0.627. The zero-order valence-electron chi connectivity index (χ0n) is 15.9. The van der Waals surface area contributed by atoms with E-state index in [0.717, 1.165) is 12.1 Å². The molecule has 152 valence electrons. The molecular formula is C21H23N3O4S. The van der Waals surface area contributed by atoms with Crippen molar-refractivity contribution < 1.29 is 14.7 Å². The van der Waals surface area contributed by atoms with E-state index in [-0.39, 0.29) is 29.2 Å². The van der Waals surface area contributed by atoms with E-state index in [1.165, 1.54) is 17.4 Å². The van der Waals surface area contributed by atoms with Gasteiger partial charge in [-0.15, -0.1) is 0 Å². The number of aliphatic hydroxyl groups is 1. The fourth-order valence-corrected chi connectivity index (χ4v) is 5.74. The second-order valence-electron chi connectivity index (χ2n) is 8.25. The molecule has 0 saturated carbocycles. The minimum absolute atomic E-state index is 0.0181. The number of thiophene rings is 1. The van der Waals surface area contributed by atoms with Crippen molar-refractivity contribution in [2.45, 2.75) is 30.9 Å². The molecule has 0 spiro atoms. The summed E-state index contributed by atoms with van der Waals surface area (Å²) in [6.07, 6.45) is 0.833. The quantitative estimate of drug-likeness (QED) is 0.805. The summed E-state index contributed by atoms with van der Waals surface area (Å²) in [6.45, 7) is 1.82. The van der Waals surface area contributed by atoms with Crippen molar-refractivity contribution >= 4 is 23.2 Å². The van der Waals surface area contributed by atoms with E-state index in [2.05, 4.69) is 0 Å². The Kier molecular flexibility index (Phi) is 4.55. The van der Waals surface area contributed by atoms with Gasteiger partial charge in [-0.2, -0.15) is 11.3 Å². The summed E-state index contributed by atoms with van der Waals surface area (Å²) in [4.78, 5) is 42.7. The van der Waals surface area contributed by atoms with Gasteiger partial charge >= 0.3 is 0 Å². The topological polar surface area (TPSA) is 82.8 Å². The maximum atomic E-state index is 13.4. The van der Waals surface area contributed by atoms with E-state index in [1.807, 2.05) is 27.8 Å². The fraction of sp³-hybridized carbons (Fsp3) is 0.476. The molecule has 0 radical (unpaired) electrons. The molecule has 5 rings (SSSR count). The van der Waals surface area contributed by atoms with E-state index < -0.39 is 12.1 Å². The molecule has 7 nitrogen and oxygen atoms in total. The van der Waals surface area contributed by atoms with Crippen molar-refractivity contribution in [2.75, 3.05) is 26.2 Å². The van der Waals surface area contributed by atoms with Crippen molar-refractivity contribution in [3.05, 3.63) is 56.6 Å². The van der Waals surface area contributed by atoms with E-state index >= 15 is 0 Å². The number of carbonyl (C=O) groups is 2. The molecule has 5 heterocycles. The largest absolute Gasteiger partial charge is 0.391 e. The lowest BCUT2D eigenvalue weighted by Gasteiger charge is -2.46. The summed E-state index contributed by atoms with van der Waals surface area (Å²) in [5.41, 5.74) is 1.33. The van der Waals surface area contributed by atoms with Crippen molar-refractivity contribution in [3.63, 3.8) is 0 Å². The molecule has 2 aromatic heterocycles. The maximum Gasteiger partial charge on any atom is 0.254 e. The highest BCUT2D eigenvalue weighted by atomic mass is 32.1. The smallest absolute Gasteiger partial charge is 0.254 e. The number of carbonyl (C=O) groups excluding carboxylic acids is 2. The van der Waals surface area contributed by atoms with Crippen LogP contribution in [0.3, 0.4) is 0 Å². The molecule has 2 bridgehead atoms. The van der Waals surface area contributed by atoms with E-state index in [0.29, 0.717) is 38.2 Å². The Morgan fingerprint density at radius 1 is 1.10 bits per heavy atom. The third-order valence-corrected chi connectivity index (χ3v) is 7.11. The molecule has 3 aliphatic heterocycles. The Balaban J connectivity index is 1.52. The Hall–Kier alpha value is -2.45. The molecule has 2 amide bonds. The number of rotatable bonds is 2. The molecule has 2 saturated heterocycles. The Bertz CT molecular complexity index is 1000. The number of pyridine rings is 1. The summed E-state index contributed by atoms with van der Waals surface area (Å²) < 4.78 is 1.65. The molecular weight excluding hydrogens is 390 g/mol. The van der Waals surface area contributed by atoms with Gasteiger partial charge in [-0.1, -0.05) is 6.07 Å². The molecule has 0 aromatic carbocycles. The van der Waals surface area contributed by atoms with Crippen molar-refractivity contribution in [1.82, 2.24) is 14.4 Å². The zero-order valence-corrected chi connectivity index (χ0v) is 16.8. The molecule has 1 N–H and O–H groups in total. The SMILES string of the molecule is O=C(c1ccsc1)N1C[C@@H]2C[C@H](C1)[C@H](C(=O)N1CC[C@@H](O)C1)n1c2cccc1=O. The van der Waals surface area contributed by atoms with Crippen molar-refractivity contribution in [2.24, 2.45) is 5.92 Å². The molecule has 0 unspecified atom stereocenters. The van der Waals surface area contributed by atoms with Crippen LogP contribution in [0.15, 0.2) is 39.8 Å². The minimum Gasteiger partial charge on any atom is -0.391 e. The normalized spacial score (nSPS) is 28.3. The number of aliphatic hydroxyl groups excluding tert-OH is 1. The second-order valence-corrected chi connectivity index (χ2v) is 9.03. The van der Waals surface area contributed by atoms with Gasteiger partial charge in [0.15, 0.2) is 0 Å². The first-order chi connectivity index (χ1) is 14.0. The van der Waals surface area contributed by atoms with E-state index in [1.54, 1.807) is 15.5 Å². The fourth-order valence-electron chi connectivity index (χ4n) is 5.12. The first-order valence-corrected chi connectivity index (χ1v) is 11.0. The molecule has 2 aromatic rings. The van der Waals surface area contributed by atoms with Crippen molar-refractivity contribution in [1.29, 1.82) is 0 Å². The number of hydrogen-bond acceptors (Lipinski definition) is 5. The first-order valence-electron chi connectivity index (χ1n) is 10.0. The Labute approximate surface area is 172 Å². The van der Waals surface area contributed by atoms with Crippen LogP contribution >= 0.6 is 11.3 Å². The molecule has 8 heteroatoms.